The monoisotopic (exact) mass is 271 g/mol. The van der Waals surface area contributed by atoms with E-state index in [1.165, 1.54) is 19.4 Å². The summed E-state index contributed by atoms with van der Waals surface area (Å²) in [6.45, 7) is 0.00466. The van der Waals surface area contributed by atoms with Crippen LogP contribution >= 0.6 is 11.6 Å². The normalized spacial score (nSPS) is 16.9. The van der Waals surface area contributed by atoms with Crippen LogP contribution in [0, 0.1) is 0 Å². The van der Waals surface area contributed by atoms with E-state index in [1.807, 2.05) is 0 Å². The zero-order valence-corrected chi connectivity index (χ0v) is 10.2. The Morgan fingerprint density at radius 1 is 1.56 bits per heavy atom. The highest BCUT2D eigenvalue weighted by Crippen LogP contribution is 2.35. The third-order valence-corrected chi connectivity index (χ3v) is 3.07. The molecule has 1 aromatic rings. The molecule has 8 heteroatoms. The molecule has 1 aromatic heterocycles. The fraction of sp³-hybridized carbons (Fsp3) is 0.400. The Balaban J connectivity index is 2.34. The lowest BCUT2D eigenvalue weighted by molar-refractivity contribution is -0.154. The smallest absolute Gasteiger partial charge is 0.407 e. The number of hydrogen-bond donors (Lipinski definition) is 1. The molecule has 0 atom stereocenters. The van der Waals surface area contributed by atoms with E-state index in [2.05, 4.69) is 9.97 Å². The summed E-state index contributed by atoms with van der Waals surface area (Å²) in [5, 5.41) is 8.84. The van der Waals surface area contributed by atoms with Crippen molar-refractivity contribution in [1.82, 2.24) is 14.9 Å². The quantitative estimate of drug-likeness (QED) is 0.623. The lowest BCUT2D eigenvalue weighted by Crippen LogP contribution is -2.65. The molecule has 1 fully saturated rings. The Labute approximate surface area is 107 Å². The number of carboxylic acid groups (broad SMARTS) is 1. The predicted octanol–water partition coefficient (Wildman–Crippen LogP) is 0.534. The number of methoxy groups -OCH3 is 1. The number of nitrogens with zero attached hydrogens (tertiary/aromatic N) is 3. The lowest BCUT2D eigenvalue weighted by Gasteiger charge is -2.45. The highest BCUT2D eigenvalue weighted by atomic mass is 35.5. The van der Waals surface area contributed by atoms with Crippen LogP contribution in [-0.4, -0.2) is 52.2 Å². The van der Waals surface area contributed by atoms with Crippen LogP contribution in [0.5, 0.6) is 0 Å². The Morgan fingerprint density at radius 2 is 2.22 bits per heavy atom. The molecule has 0 saturated carbocycles. The molecule has 1 aliphatic rings. The van der Waals surface area contributed by atoms with Crippen LogP contribution in [0.2, 0.25) is 5.28 Å². The summed E-state index contributed by atoms with van der Waals surface area (Å²) >= 11 is 5.67. The van der Waals surface area contributed by atoms with E-state index in [-0.39, 0.29) is 18.4 Å². The van der Waals surface area contributed by atoms with Gasteiger partial charge in [0.2, 0.25) is 5.28 Å². The number of carbonyl (C=O) groups is 2. The number of carbonyl (C=O) groups excluding carboxylic acids is 1. The minimum atomic E-state index is -1.09. The first-order valence-electron chi connectivity index (χ1n) is 5.05. The van der Waals surface area contributed by atoms with Crippen LogP contribution < -0.4 is 0 Å². The predicted molar refractivity (Wildman–Crippen MR) is 60.3 cm³/mol. The number of amides is 1. The van der Waals surface area contributed by atoms with Crippen LogP contribution in [0.25, 0.3) is 0 Å². The third kappa shape index (κ3) is 1.86. The molecule has 1 saturated heterocycles. The number of hydrogen-bond acceptors (Lipinski definition) is 5. The first-order chi connectivity index (χ1) is 8.49. The molecule has 0 bridgehead atoms. The van der Waals surface area contributed by atoms with Crippen molar-refractivity contribution in [2.75, 3.05) is 20.2 Å². The van der Waals surface area contributed by atoms with Gasteiger partial charge in [-0.2, -0.15) is 0 Å². The second kappa shape index (κ2) is 4.41. The molecule has 1 N–H and O–H groups in total. The van der Waals surface area contributed by atoms with Gasteiger partial charge >= 0.3 is 12.1 Å². The molecule has 0 unspecified atom stereocenters. The Morgan fingerprint density at radius 3 is 2.72 bits per heavy atom. The lowest BCUT2D eigenvalue weighted by atomic mass is 9.77. The minimum absolute atomic E-state index is 0.00233. The van der Waals surface area contributed by atoms with Gasteiger partial charge in [-0.15, -0.1) is 0 Å². The molecule has 18 heavy (non-hydrogen) atoms. The fourth-order valence-corrected chi connectivity index (χ4v) is 2.08. The summed E-state index contributed by atoms with van der Waals surface area (Å²) in [6.07, 6.45) is 0.327. The van der Waals surface area contributed by atoms with Gasteiger partial charge in [-0.05, 0) is 17.7 Å². The summed E-state index contributed by atoms with van der Waals surface area (Å²) in [5.41, 5.74) is -0.716. The zero-order chi connectivity index (χ0) is 13.3. The second-order valence-corrected chi connectivity index (χ2v) is 4.26. The SMILES string of the molecule is COC(=O)C1(c2ccnc(Cl)n2)CN(C(=O)O)C1. The van der Waals surface area contributed by atoms with Gasteiger partial charge in [-0.3, -0.25) is 4.79 Å². The van der Waals surface area contributed by atoms with E-state index < -0.39 is 17.5 Å². The summed E-state index contributed by atoms with van der Waals surface area (Å²) in [6, 6.07) is 1.53. The Bertz CT molecular complexity index is 502. The van der Waals surface area contributed by atoms with E-state index in [4.69, 9.17) is 21.4 Å². The van der Waals surface area contributed by atoms with Crippen molar-refractivity contribution in [3.63, 3.8) is 0 Å². The van der Waals surface area contributed by atoms with E-state index in [0.717, 1.165) is 4.90 Å². The van der Waals surface area contributed by atoms with Crippen molar-refractivity contribution < 1.29 is 19.4 Å². The van der Waals surface area contributed by atoms with Gasteiger partial charge in [0.1, 0.15) is 5.41 Å². The summed E-state index contributed by atoms with van der Waals surface area (Å²) in [4.78, 5) is 31.4. The number of rotatable bonds is 2. The van der Waals surface area contributed by atoms with Crippen molar-refractivity contribution in [3.8, 4) is 0 Å². The van der Waals surface area contributed by atoms with Gasteiger partial charge in [0.05, 0.1) is 12.8 Å². The zero-order valence-electron chi connectivity index (χ0n) is 9.46. The third-order valence-electron chi connectivity index (χ3n) is 2.88. The van der Waals surface area contributed by atoms with Crippen LogP contribution in [-0.2, 0) is 14.9 Å². The molecule has 0 aliphatic carbocycles. The van der Waals surface area contributed by atoms with Crippen molar-refractivity contribution in [3.05, 3.63) is 23.2 Å². The maximum Gasteiger partial charge on any atom is 0.407 e. The molecule has 0 radical (unpaired) electrons. The van der Waals surface area contributed by atoms with E-state index >= 15 is 0 Å². The van der Waals surface area contributed by atoms with Gasteiger partial charge in [0.15, 0.2) is 0 Å². The van der Waals surface area contributed by atoms with Gasteiger partial charge in [-0.1, -0.05) is 0 Å². The van der Waals surface area contributed by atoms with Crippen LogP contribution in [0.3, 0.4) is 0 Å². The van der Waals surface area contributed by atoms with Gasteiger partial charge in [-0.25, -0.2) is 14.8 Å². The Hall–Kier alpha value is -1.89. The standard InChI is InChI=1S/C10H10ClN3O4/c1-18-7(15)10(4-14(5-10)9(16)17)6-2-3-12-8(11)13-6/h2-3H,4-5H2,1H3,(H,16,17). The van der Waals surface area contributed by atoms with Crippen molar-refractivity contribution in [2.45, 2.75) is 5.41 Å². The first-order valence-corrected chi connectivity index (χ1v) is 5.43. The van der Waals surface area contributed by atoms with E-state index in [1.54, 1.807) is 0 Å². The van der Waals surface area contributed by atoms with Crippen molar-refractivity contribution in [2.24, 2.45) is 0 Å². The average molecular weight is 272 g/mol. The molecule has 2 rings (SSSR count). The molecular weight excluding hydrogens is 262 g/mol. The number of ether oxygens (including phenoxy) is 1. The van der Waals surface area contributed by atoms with E-state index in [0.29, 0.717) is 5.69 Å². The summed E-state index contributed by atoms with van der Waals surface area (Å²) in [5.74, 6) is -0.533. The maximum atomic E-state index is 11.9. The van der Waals surface area contributed by atoms with Crippen molar-refractivity contribution in [1.29, 1.82) is 0 Å². The highest BCUT2D eigenvalue weighted by Gasteiger charge is 2.54. The van der Waals surface area contributed by atoms with Crippen LogP contribution in [0.4, 0.5) is 4.79 Å². The molecule has 0 spiro atoms. The molecule has 7 nitrogen and oxygen atoms in total. The van der Waals surface area contributed by atoms with Gasteiger partial charge in [0, 0.05) is 19.3 Å². The molecule has 1 amide bonds. The summed E-state index contributed by atoms with van der Waals surface area (Å²) in [7, 11) is 1.25. The topological polar surface area (TPSA) is 92.6 Å². The number of likely N-dealkylation sites (tertiary alicyclic amines) is 1. The van der Waals surface area contributed by atoms with Crippen LogP contribution in [0.1, 0.15) is 5.69 Å². The minimum Gasteiger partial charge on any atom is -0.468 e. The van der Waals surface area contributed by atoms with E-state index in [9.17, 15) is 9.59 Å². The fourth-order valence-electron chi connectivity index (χ4n) is 1.93. The highest BCUT2D eigenvalue weighted by molar-refractivity contribution is 6.28. The largest absolute Gasteiger partial charge is 0.468 e. The second-order valence-electron chi connectivity index (χ2n) is 3.92. The van der Waals surface area contributed by atoms with Crippen LogP contribution in [0.15, 0.2) is 12.3 Å². The molecule has 96 valence electrons. The van der Waals surface area contributed by atoms with Gasteiger partial charge < -0.3 is 14.7 Å². The number of aromatic nitrogens is 2. The number of halogens is 1. The van der Waals surface area contributed by atoms with Gasteiger partial charge in [0.25, 0.3) is 0 Å². The Kier molecular flexibility index (Phi) is 3.08. The molecule has 2 heterocycles. The molecular formula is C10H10ClN3O4. The average Bonchev–Trinajstić information content (AvgIpc) is 2.27. The summed E-state index contributed by atoms with van der Waals surface area (Å²) < 4.78 is 4.72. The maximum absolute atomic E-state index is 11.9. The first kappa shape index (κ1) is 12.6. The molecule has 1 aliphatic heterocycles. The van der Waals surface area contributed by atoms with Crippen molar-refractivity contribution >= 4 is 23.7 Å². The molecule has 0 aromatic carbocycles. The number of esters is 1.